The summed E-state index contributed by atoms with van der Waals surface area (Å²) in [7, 11) is 3.85. The Labute approximate surface area is 123 Å². The third kappa shape index (κ3) is 3.00. The van der Waals surface area contributed by atoms with Crippen molar-refractivity contribution >= 4 is 23.1 Å². The van der Waals surface area contributed by atoms with Crippen molar-refractivity contribution in [2.24, 2.45) is 0 Å². The van der Waals surface area contributed by atoms with Crippen molar-refractivity contribution in [2.75, 3.05) is 19.0 Å². The summed E-state index contributed by atoms with van der Waals surface area (Å²) in [6.07, 6.45) is -1.24. The second kappa shape index (κ2) is 6.07. The van der Waals surface area contributed by atoms with E-state index in [1.165, 1.54) is 0 Å². The molecule has 20 heavy (non-hydrogen) atoms. The molecule has 0 aromatic heterocycles. The lowest BCUT2D eigenvalue weighted by molar-refractivity contribution is 0.0747. The minimum absolute atomic E-state index is 0.358. The Bertz CT molecular complexity index is 608. The first kappa shape index (κ1) is 14.6. The zero-order valence-electron chi connectivity index (χ0n) is 11.4. The van der Waals surface area contributed by atoms with E-state index in [4.69, 9.17) is 11.6 Å². The molecule has 0 aliphatic heterocycles. The van der Waals surface area contributed by atoms with Crippen molar-refractivity contribution in [3.8, 4) is 0 Å². The molecule has 104 valence electrons. The minimum Gasteiger partial charge on any atom is -0.380 e. The van der Waals surface area contributed by atoms with E-state index >= 15 is 0 Å². The first-order valence-electron chi connectivity index (χ1n) is 6.25. The van der Waals surface area contributed by atoms with Crippen LogP contribution in [0.1, 0.15) is 22.0 Å². The van der Waals surface area contributed by atoms with Gasteiger partial charge in [-0.05, 0) is 30.3 Å². The summed E-state index contributed by atoms with van der Waals surface area (Å²) in [4.78, 5) is 14.2. The van der Waals surface area contributed by atoms with Gasteiger partial charge in [-0.3, -0.25) is 4.79 Å². The van der Waals surface area contributed by atoms with Crippen molar-refractivity contribution in [1.82, 2.24) is 0 Å². The van der Waals surface area contributed by atoms with E-state index in [1.807, 2.05) is 31.1 Å². The molecule has 4 heteroatoms. The van der Waals surface area contributed by atoms with Gasteiger partial charge < -0.3 is 10.0 Å². The van der Waals surface area contributed by atoms with E-state index in [9.17, 15) is 9.90 Å². The van der Waals surface area contributed by atoms with Crippen LogP contribution in [-0.2, 0) is 0 Å². The molecule has 0 aliphatic carbocycles. The van der Waals surface area contributed by atoms with Crippen LogP contribution in [0.3, 0.4) is 0 Å². The van der Waals surface area contributed by atoms with Crippen LogP contribution < -0.4 is 4.90 Å². The van der Waals surface area contributed by atoms with Crippen LogP contribution in [0.15, 0.2) is 48.5 Å². The number of benzene rings is 2. The number of rotatable bonds is 4. The van der Waals surface area contributed by atoms with Crippen molar-refractivity contribution < 1.29 is 9.90 Å². The van der Waals surface area contributed by atoms with Crippen LogP contribution in [-0.4, -0.2) is 25.0 Å². The molecule has 0 fully saturated rings. The van der Waals surface area contributed by atoms with Gasteiger partial charge in [-0.2, -0.15) is 0 Å². The highest BCUT2D eigenvalue weighted by molar-refractivity contribution is 6.31. The Morgan fingerprint density at radius 1 is 1.10 bits per heavy atom. The maximum absolute atomic E-state index is 12.3. The summed E-state index contributed by atoms with van der Waals surface area (Å²) in [5.74, 6) is -0.358. The number of Topliss-reactive ketones (excluding diaryl/α,β-unsaturated/α-hetero) is 1. The first-order chi connectivity index (χ1) is 9.50. The highest BCUT2D eigenvalue weighted by Crippen LogP contribution is 2.26. The largest absolute Gasteiger partial charge is 0.380 e. The minimum atomic E-state index is -1.24. The smallest absolute Gasteiger partial charge is 0.195 e. The maximum Gasteiger partial charge on any atom is 0.195 e. The normalized spacial score (nSPS) is 12.0. The molecule has 2 rings (SSSR count). The van der Waals surface area contributed by atoms with Gasteiger partial charge in [-0.25, -0.2) is 0 Å². The molecule has 0 radical (unpaired) electrons. The van der Waals surface area contributed by atoms with E-state index in [0.717, 1.165) is 5.69 Å². The molecule has 0 spiro atoms. The highest BCUT2D eigenvalue weighted by Gasteiger charge is 2.21. The Morgan fingerprint density at radius 3 is 2.25 bits per heavy atom. The first-order valence-corrected chi connectivity index (χ1v) is 6.62. The van der Waals surface area contributed by atoms with Crippen molar-refractivity contribution in [2.45, 2.75) is 6.10 Å². The van der Waals surface area contributed by atoms with Gasteiger partial charge in [0.25, 0.3) is 0 Å². The number of hydrogen-bond acceptors (Lipinski definition) is 3. The van der Waals surface area contributed by atoms with Crippen molar-refractivity contribution in [3.63, 3.8) is 0 Å². The molecule has 3 nitrogen and oxygen atoms in total. The molecule has 0 aliphatic rings. The van der Waals surface area contributed by atoms with Crippen LogP contribution in [0.25, 0.3) is 0 Å². The molecule has 0 bridgehead atoms. The quantitative estimate of drug-likeness (QED) is 0.878. The van der Waals surface area contributed by atoms with E-state index in [2.05, 4.69) is 0 Å². The van der Waals surface area contributed by atoms with Crippen LogP contribution >= 0.6 is 11.6 Å². The van der Waals surface area contributed by atoms with Crippen LogP contribution in [0.4, 0.5) is 5.69 Å². The molecule has 2 aromatic rings. The number of nitrogens with zero attached hydrogens (tertiary/aromatic N) is 1. The molecular formula is C16H16ClNO2. The number of aliphatic hydroxyl groups excluding tert-OH is 1. The Hall–Kier alpha value is -1.84. The highest BCUT2D eigenvalue weighted by atomic mass is 35.5. The Morgan fingerprint density at radius 2 is 1.70 bits per heavy atom. The number of carbonyl (C=O) groups is 1. The average Bonchev–Trinajstić information content (AvgIpc) is 2.46. The van der Waals surface area contributed by atoms with E-state index in [0.29, 0.717) is 16.1 Å². The lowest BCUT2D eigenvalue weighted by atomic mass is 10.00. The van der Waals surface area contributed by atoms with Gasteiger partial charge in [0.05, 0.1) is 0 Å². The molecule has 1 atom stereocenters. The van der Waals surface area contributed by atoms with E-state index in [-0.39, 0.29) is 5.78 Å². The second-order valence-electron chi connectivity index (χ2n) is 4.73. The van der Waals surface area contributed by atoms with Gasteiger partial charge in [0.2, 0.25) is 0 Å². The monoisotopic (exact) mass is 289 g/mol. The van der Waals surface area contributed by atoms with E-state index in [1.54, 1.807) is 36.4 Å². The van der Waals surface area contributed by atoms with Gasteiger partial charge in [0, 0.05) is 35.9 Å². The summed E-state index contributed by atoms with van der Waals surface area (Å²) < 4.78 is 0. The molecule has 2 aromatic carbocycles. The van der Waals surface area contributed by atoms with Gasteiger partial charge >= 0.3 is 0 Å². The topological polar surface area (TPSA) is 40.5 Å². The van der Waals surface area contributed by atoms with E-state index < -0.39 is 6.10 Å². The summed E-state index contributed by atoms with van der Waals surface area (Å²) >= 11 is 6.00. The predicted octanol–water partition coefficient (Wildman–Crippen LogP) is 3.32. The van der Waals surface area contributed by atoms with Gasteiger partial charge in [-0.1, -0.05) is 29.8 Å². The number of halogens is 1. The number of ketones is 1. The summed E-state index contributed by atoms with van der Waals surface area (Å²) in [5.41, 5.74) is 1.88. The predicted molar refractivity (Wildman–Crippen MR) is 81.5 cm³/mol. The fourth-order valence-electron chi connectivity index (χ4n) is 1.92. The number of aliphatic hydroxyl groups is 1. The Kier molecular flexibility index (Phi) is 4.42. The Balaban J connectivity index is 2.25. The molecule has 0 amide bonds. The molecule has 0 unspecified atom stereocenters. The van der Waals surface area contributed by atoms with Crippen LogP contribution in [0.2, 0.25) is 5.02 Å². The third-order valence-electron chi connectivity index (χ3n) is 3.12. The molecule has 0 saturated carbocycles. The molecule has 1 N–H and O–H groups in total. The zero-order chi connectivity index (χ0) is 14.7. The SMILES string of the molecule is CN(C)c1ccc(C(=O)[C@H](O)c2ccccc2Cl)cc1. The lowest BCUT2D eigenvalue weighted by Crippen LogP contribution is -2.13. The number of hydrogen-bond donors (Lipinski definition) is 1. The average molecular weight is 290 g/mol. The molecular weight excluding hydrogens is 274 g/mol. The zero-order valence-corrected chi connectivity index (χ0v) is 12.1. The number of anilines is 1. The lowest BCUT2D eigenvalue weighted by Gasteiger charge is -2.14. The summed E-state index contributed by atoms with van der Waals surface area (Å²) in [6.45, 7) is 0. The fraction of sp³-hybridized carbons (Fsp3) is 0.188. The van der Waals surface area contributed by atoms with Crippen LogP contribution in [0, 0.1) is 0 Å². The fourth-order valence-corrected chi connectivity index (χ4v) is 2.16. The standard InChI is InChI=1S/C16H16ClNO2/c1-18(2)12-9-7-11(8-10-12)15(19)16(20)13-5-3-4-6-14(13)17/h3-10,16,20H,1-2H3/t16-/m1/s1. The van der Waals surface area contributed by atoms with Gasteiger partial charge in [0.1, 0.15) is 6.10 Å². The maximum atomic E-state index is 12.3. The van der Waals surface area contributed by atoms with Crippen molar-refractivity contribution in [1.29, 1.82) is 0 Å². The summed E-state index contributed by atoms with van der Waals surface area (Å²) in [5, 5.41) is 10.5. The summed E-state index contributed by atoms with van der Waals surface area (Å²) in [6, 6.07) is 13.9. The van der Waals surface area contributed by atoms with Gasteiger partial charge in [-0.15, -0.1) is 0 Å². The number of carbonyl (C=O) groups excluding carboxylic acids is 1. The second-order valence-corrected chi connectivity index (χ2v) is 5.14. The third-order valence-corrected chi connectivity index (χ3v) is 3.46. The molecule has 0 heterocycles. The molecule has 0 saturated heterocycles. The van der Waals surface area contributed by atoms with Crippen molar-refractivity contribution in [3.05, 3.63) is 64.7 Å². The van der Waals surface area contributed by atoms with Crippen LogP contribution in [0.5, 0.6) is 0 Å². The van der Waals surface area contributed by atoms with Gasteiger partial charge in [0.15, 0.2) is 5.78 Å².